The van der Waals surface area contributed by atoms with E-state index in [0.717, 1.165) is 5.75 Å². The summed E-state index contributed by atoms with van der Waals surface area (Å²) in [6.45, 7) is 0.710. The summed E-state index contributed by atoms with van der Waals surface area (Å²) in [5, 5.41) is 13.9. The average Bonchev–Trinajstić information content (AvgIpc) is 2.73. The van der Waals surface area contributed by atoms with Crippen LogP contribution in [-0.4, -0.2) is 24.5 Å². The monoisotopic (exact) mass is 384 g/mol. The minimum absolute atomic E-state index is 0.0537. The highest BCUT2D eigenvalue weighted by Crippen LogP contribution is 2.27. The van der Waals surface area contributed by atoms with E-state index in [1.165, 1.54) is 57.4 Å². The Balaban J connectivity index is 1.63. The maximum absolute atomic E-state index is 12.5. The van der Waals surface area contributed by atoms with Gasteiger partial charge in [0, 0.05) is 11.8 Å². The molecular formula is C21H24N2O5. The molecule has 28 heavy (non-hydrogen) atoms. The number of hydrogen-bond donors (Lipinski definition) is 1. The Kier molecular flexibility index (Phi) is 6.47. The lowest BCUT2D eigenvalue weighted by atomic mass is 9.90. The number of nitro benzene ring substituents is 1. The molecule has 0 spiro atoms. The number of methoxy groups -OCH3 is 1. The molecule has 7 heteroatoms. The second-order valence-electron chi connectivity index (χ2n) is 6.93. The molecule has 0 saturated heterocycles. The van der Waals surface area contributed by atoms with Crippen LogP contribution in [0.3, 0.4) is 0 Å². The highest BCUT2D eigenvalue weighted by Gasteiger charge is 2.21. The van der Waals surface area contributed by atoms with Crippen LogP contribution < -0.4 is 14.8 Å². The van der Waals surface area contributed by atoms with Crippen molar-refractivity contribution in [2.75, 3.05) is 19.0 Å². The van der Waals surface area contributed by atoms with Crippen molar-refractivity contribution in [3.63, 3.8) is 0 Å². The third-order valence-corrected chi connectivity index (χ3v) is 4.97. The standard InChI is InChI=1S/C21H24N2O5/c1-27-18-11-12-20(23(25)26)19(13-18)21(24)22-16-7-9-17(10-8-16)28-14-15-5-3-2-4-6-15/h7-13,15H,2-6,14H2,1H3,(H,22,24). The van der Waals surface area contributed by atoms with Gasteiger partial charge >= 0.3 is 0 Å². The number of nitrogens with zero attached hydrogens (tertiary/aromatic N) is 1. The number of anilines is 1. The number of nitro groups is 1. The first-order valence-corrected chi connectivity index (χ1v) is 9.43. The van der Waals surface area contributed by atoms with E-state index in [-0.39, 0.29) is 11.3 Å². The third kappa shape index (κ3) is 5.00. The van der Waals surface area contributed by atoms with Crippen LogP contribution in [0.4, 0.5) is 11.4 Å². The van der Waals surface area contributed by atoms with Crippen molar-refractivity contribution in [2.45, 2.75) is 32.1 Å². The van der Waals surface area contributed by atoms with E-state index >= 15 is 0 Å². The van der Waals surface area contributed by atoms with E-state index in [4.69, 9.17) is 9.47 Å². The van der Waals surface area contributed by atoms with Gasteiger partial charge in [-0.3, -0.25) is 14.9 Å². The van der Waals surface area contributed by atoms with Crippen molar-refractivity contribution < 1.29 is 19.2 Å². The van der Waals surface area contributed by atoms with Crippen LogP contribution in [0.25, 0.3) is 0 Å². The summed E-state index contributed by atoms with van der Waals surface area (Å²) in [7, 11) is 1.44. The van der Waals surface area contributed by atoms with Crippen molar-refractivity contribution >= 4 is 17.3 Å². The molecule has 0 aliphatic heterocycles. The summed E-state index contributed by atoms with van der Waals surface area (Å²) in [6, 6.07) is 11.1. The molecule has 1 aliphatic rings. The van der Waals surface area contributed by atoms with E-state index in [9.17, 15) is 14.9 Å². The summed E-state index contributed by atoms with van der Waals surface area (Å²) < 4.78 is 10.9. The van der Waals surface area contributed by atoms with Gasteiger partial charge in [0.1, 0.15) is 17.1 Å². The van der Waals surface area contributed by atoms with Gasteiger partial charge < -0.3 is 14.8 Å². The maximum Gasteiger partial charge on any atom is 0.282 e. The molecule has 0 aromatic heterocycles. The third-order valence-electron chi connectivity index (χ3n) is 4.97. The first kappa shape index (κ1) is 19.7. The van der Waals surface area contributed by atoms with E-state index in [1.807, 2.05) is 0 Å². The summed E-state index contributed by atoms with van der Waals surface area (Å²) in [5.41, 5.74) is 0.208. The number of nitrogens with one attached hydrogen (secondary N) is 1. The van der Waals surface area contributed by atoms with Gasteiger partial charge in [0.25, 0.3) is 11.6 Å². The fourth-order valence-electron chi connectivity index (χ4n) is 3.38. The second-order valence-corrected chi connectivity index (χ2v) is 6.93. The van der Waals surface area contributed by atoms with Gasteiger partial charge in [-0.15, -0.1) is 0 Å². The minimum atomic E-state index is -0.587. The molecule has 1 saturated carbocycles. The van der Waals surface area contributed by atoms with Gasteiger partial charge in [-0.25, -0.2) is 0 Å². The molecule has 2 aromatic carbocycles. The Morgan fingerprint density at radius 1 is 1.11 bits per heavy atom. The quantitative estimate of drug-likeness (QED) is 0.546. The largest absolute Gasteiger partial charge is 0.497 e. The van der Waals surface area contributed by atoms with Crippen LogP contribution >= 0.6 is 0 Å². The zero-order chi connectivity index (χ0) is 19.9. The Hall–Kier alpha value is -3.09. The predicted molar refractivity (Wildman–Crippen MR) is 106 cm³/mol. The van der Waals surface area contributed by atoms with Crippen LogP contribution in [0.5, 0.6) is 11.5 Å². The Morgan fingerprint density at radius 3 is 2.43 bits per heavy atom. The van der Waals surface area contributed by atoms with Crippen LogP contribution in [0, 0.1) is 16.0 Å². The number of carbonyl (C=O) groups is 1. The molecule has 2 aromatic rings. The minimum Gasteiger partial charge on any atom is -0.497 e. The molecule has 7 nitrogen and oxygen atoms in total. The second kappa shape index (κ2) is 9.21. The SMILES string of the molecule is COc1ccc([N+](=O)[O-])c(C(=O)Nc2ccc(OCC3CCCCC3)cc2)c1. The average molecular weight is 384 g/mol. The Bertz CT molecular complexity index is 829. The van der Waals surface area contributed by atoms with Gasteiger partial charge in [0.05, 0.1) is 18.6 Å². The number of hydrogen-bond acceptors (Lipinski definition) is 5. The van der Waals surface area contributed by atoms with Crippen molar-refractivity contribution in [1.82, 2.24) is 0 Å². The molecule has 1 N–H and O–H groups in total. The number of benzene rings is 2. The van der Waals surface area contributed by atoms with Gasteiger partial charge in [0.2, 0.25) is 0 Å². The summed E-state index contributed by atoms with van der Waals surface area (Å²) in [4.78, 5) is 23.1. The summed E-state index contributed by atoms with van der Waals surface area (Å²) in [5.74, 6) is 1.17. The van der Waals surface area contributed by atoms with Crippen molar-refractivity contribution in [3.05, 3.63) is 58.1 Å². The molecule has 1 fully saturated rings. The van der Waals surface area contributed by atoms with E-state index in [0.29, 0.717) is 24.0 Å². The number of rotatable bonds is 7. The molecule has 0 radical (unpaired) electrons. The number of ether oxygens (including phenoxy) is 2. The highest BCUT2D eigenvalue weighted by molar-refractivity contribution is 6.07. The highest BCUT2D eigenvalue weighted by atomic mass is 16.6. The molecular weight excluding hydrogens is 360 g/mol. The summed E-state index contributed by atoms with van der Waals surface area (Å²) in [6.07, 6.45) is 6.29. The van der Waals surface area contributed by atoms with E-state index < -0.39 is 10.8 Å². The lowest BCUT2D eigenvalue weighted by Gasteiger charge is -2.21. The molecule has 3 rings (SSSR count). The maximum atomic E-state index is 12.5. The van der Waals surface area contributed by atoms with Gasteiger partial charge in [-0.1, -0.05) is 19.3 Å². The van der Waals surface area contributed by atoms with Crippen molar-refractivity contribution in [1.29, 1.82) is 0 Å². The van der Waals surface area contributed by atoms with Crippen LogP contribution in [0.1, 0.15) is 42.5 Å². The fourth-order valence-corrected chi connectivity index (χ4v) is 3.38. The first-order chi connectivity index (χ1) is 13.6. The topological polar surface area (TPSA) is 90.7 Å². The van der Waals surface area contributed by atoms with Crippen LogP contribution in [0.15, 0.2) is 42.5 Å². The smallest absolute Gasteiger partial charge is 0.282 e. The number of amides is 1. The predicted octanol–water partition coefficient (Wildman–Crippen LogP) is 4.81. The molecule has 0 heterocycles. The molecule has 148 valence electrons. The van der Waals surface area contributed by atoms with Crippen molar-refractivity contribution in [2.24, 2.45) is 5.92 Å². The number of carbonyl (C=O) groups excluding carboxylic acids is 1. The van der Waals surface area contributed by atoms with Crippen molar-refractivity contribution in [3.8, 4) is 11.5 Å². The Labute approximate surface area is 163 Å². The Morgan fingerprint density at radius 2 is 1.79 bits per heavy atom. The van der Waals surface area contributed by atoms with E-state index in [1.54, 1.807) is 24.3 Å². The van der Waals surface area contributed by atoms with Crippen LogP contribution in [0.2, 0.25) is 0 Å². The molecule has 1 aliphatic carbocycles. The van der Waals surface area contributed by atoms with Crippen LogP contribution in [-0.2, 0) is 0 Å². The normalized spacial score (nSPS) is 14.3. The summed E-state index contributed by atoms with van der Waals surface area (Å²) >= 11 is 0. The van der Waals surface area contributed by atoms with Gasteiger partial charge in [0.15, 0.2) is 0 Å². The molecule has 1 amide bonds. The zero-order valence-electron chi connectivity index (χ0n) is 15.8. The fraction of sp³-hybridized carbons (Fsp3) is 0.381. The van der Waals surface area contributed by atoms with E-state index in [2.05, 4.69) is 5.32 Å². The lowest BCUT2D eigenvalue weighted by Crippen LogP contribution is -2.15. The lowest BCUT2D eigenvalue weighted by molar-refractivity contribution is -0.385. The molecule has 0 unspecified atom stereocenters. The van der Waals surface area contributed by atoms with Gasteiger partial charge in [-0.05, 0) is 55.2 Å². The molecule has 0 atom stereocenters. The molecule has 0 bridgehead atoms. The zero-order valence-corrected chi connectivity index (χ0v) is 15.8. The first-order valence-electron chi connectivity index (χ1n) is 9.43. The van der Waals surface area contributed by atoms with Gasteiger partial charge in [-0.2, -0.15) is 0 Å².